The topological polar surface area (TPSA) is 78.7 Å². The molecular weight excluding hydrogens is 342 g/mol. The molecule has 0 aliphatic rings. The van der Waals surface area contributed by atoms with E-state index in [9.17, 15) is 14.9 Å². The monoisotopic (exact) mass is 351 g/mol. The first-order chi connectivity index (χ1) is 11.0. The first-order valence-corrected chi connectivity index (χ1v) is 7.63. The zero-order valence-corrected chi connectivity index (χ0v) is 13.7. The van der Waals surface area contributed by atoms with Crippen LogP contribution in [0.5, 0.6) is 11.5 Å². The summed E-state index contributed by atoms with van der Waals surface area (Å²) in [5.41, 5.74) is -0.587. The lowest BCUT2D eigenvalue weighted by Crippen LogP contribution is -2.05. The normalized spacial score (nSPS) is 10.9. The first kappa shape index (κ1) is 15.5. The van der Waals surface area contributed by atoms with Gasteiger partial charge in [0.25, 0.3) is 5.69 Å². The molecule has 0 spiro atoms. The van der Waals surface area contributed by atoms with Crippen LogP contribution in [0.4, 0.5) is 5.69 Å². The van der Waals surface area contributed by atoms with Gasteiger partial charge in [-0.05, 0) is 18.2 Å². The summed E-state index contributed by atoms with van der Waals surface area (Å²) in [6.45, 7) is 0. The van der Waals surface area contributed by atoms with E-state index >= 15 is 0 Å². The maximum absolute atomic E-state index is 12.9. The van der Waals surface area contributed by atoms with Gasteiger partial charge in [0.05, 0.1) is 39.6 Å². The summed E-state index contributed by atoms with van der Waals surface area (Å²) in [6.07, 6.45) is 0. The van der Waals surface area contributed by atoms with E-state index in [0.29, 0.717) is 21.6 Å². The molecule has 0 unspecified atom stereocenters. The number of nitro benzene ring substituents is 1. The molecule has 0 fully saturated rings. The van der Waals surface area contributed by atoms with Crippen molar-refractivity contribution in [1.82, 2.24) is 0 Å². The summed E-state index contributed by atoms with van der Waals surface area (Å²) >= 11 is 7.20. The van der Waals surface area contributed by atoms with Crippen LogP contribution in [0, 0.1) is 10.1 Å². The van der Waals surface area contributed by atoms with Crippen molar-refractivity contribution in [3.63, 3.8) is 0 Å². The van der Waals surface area contributed by atoms with E-state index in [1.165, 1.54) is 26.4 Å². The molecule has 0 atom stereocenters. The van der Waals surface area contributed by atoms with E-state index in [2.05, 4.69) is 0 Å². The van der Waals surface area contributed by atoms with Gasteiger partial charge >= 0.3 is 0 Å². The number of non-ortho nitro benzene ring substituents is 1. The van der Waals surface area contributed by atoms with Crippen LogP contribution in [0.25, 0.3) is 20.2 Å². The van der Waals surface area contributed by atoms with Crippen molar-refractivity contribution in [3.8, 4) is 11.5 Å². The number of ether oxygens (including phenoxy) is 2. The highest BCUT2D eigenvalue weighted by atomic mass is 35.5. The number of benzene rings is 2. The first-order valence-electron chi connectivity index (χ1n) is 6.44. The summed E-state index contributed by atoms with van der Waals surface area (Å²) in [4.78, 5) is 23.6. The maximum Gasteiger partial charge on any atom is 0.287 e. The van der Waals surface area contributed by atoms with E-state index in [0.717, 1.165) is 11.3 Å². The predicted octanol–water partition coefficient (Wildman–Crippen LogP) is 3.99. The lowest BCUT2D eigenvalue weighted by atomic mass is 10.1. The van der Waals surface area contributed by atoms with Gasteiger partial charge in [0.2, 0.25) is 5.43 Å². The van der Waals surface area contributed by atoms with Crippen LogP contribution in [0.15, 0.2) is 29.1 Å². The zero-order valence-electron chi connectivity index (χ0n) is 12.1. The predicted molar refractivity (Wildman–Crippen MR) is 90.4 cm³/mol. The number of methoxy groups -OCH3 is 2. The van der Waals surface area contributed by atoms with Gasteiger partial charge in [0, 0.05) is 6.07 Å². The smallest absolute Gasteiger partial charge is 0.287 e. The lowest BCUT2D eigenvalue weighted by molar-refractivity contribution is -0.382. The second kappa shape index (κ2) is 5.68. The minimum atomic E-state index is -0.535. The molecule has 23 heavy (non-hydrogen) atoms. The third-order valence-electron chi connectivity index (χ3n) is 3.46. The molecule has 0 saturated heterocycles. The third kappa shape index (κ3) is 2.29. The molecule has 118 valence electrons. The Kier molecular flexibility index (Phi) is 3.83. The van der Waals surface area contributed by atoms with Crippen molar-refractivity contribution in [2.24, 2.45) is 0 Å². The molecule has 3 aromatic rings. The van der Waals surface area contributed by atoms with Crippen LogP contribution in [0.3, 0.4) is 0 Å². The zero-order chi connectivity index (χ0) is 16.7. The quantitative estimate of drug-likeness (QED) is 0.405. The molecule has 0 N–H and O–H groups in total. The fraction of sp³-hybridized carbons (Fsp3) is 0.133. The van der Waals surface area contributed by atoms with Crippen molar-refractivity contribution >= 4 is 48.8 Å². The Balaban J connectivity index is 2.65. The average molecular weight is 352 g/mol. The van der Waals surface area contributed by atoms with Crippen LogP contribution < -0.4 is 14.9 Å². The highest BCUT2D eigenvalue weighted by Gasteiger charge is 2.22. The summed E-state index contributed by atoms with van der Waals surface area (Å²) in [7, 11) is 2.92. The molecule has 0 amide bonds. The van der Waals surface area contributed by atoms with Gasteiger partial charge in [-0.15, -0.1) is 11.3 Å². The van der Waals surface area contributed by atoms with Gasteiger partial charge in [-0.25, -0.2) is 0 Å². The Morgan fingerprint density at radius 2 is 1.70 bits per heavy atom. The summed E-state index contributed by atoms with van der Waals surface area (Å²) in [5, 5.41) is 11.8. The molecule has 2 aromatic carbocycles. The van der Waals surface area contributed by atoms with Crippen molar-refractivity contribution < 1.29 is 14.4 Å². The summed E-state index contributed by atoms with van der Waals surface area (Å²) < 4.78 is 11.2. The van der Waals surface area contributed by atoms with Crippen molar-refractivity contribution in [1.29, 1.82) is 0 Å². The van der Waals surface area contributed by atoms with Crippen LogP contribution in [-0.2, 0) is 0 Å². The molecule has 0 aliphatic heterocycles. The van der Waals surface area contributed by atoms with Crippen LogP contribution >= 0.6 is 22.9 Å². The summed E-state index contributed by atoms with van der Waals surface area (Å²) in [5.74, 6) is 0.811. The van der Waals surface area contributed by atoms with Gasteiger partial charge in [0.15, 0.2) is 0 Å². The molecule has 3 rings (SSSR count). The Morgan fingerprint density at radius 3 is 2.30 bits per heavy atom. The average Bonchev–Trinajstić information content (AvgIpc) is 2.53. The molecular formula is C15H10ClNO5S. The minimum absolute atomic E-state index is 0.116. The fourth-order valence-electron chi connectivity index (χ4n) is 2.43. The second-order valence-electron chi connectivity index (χ2n) is 4.63. The number of halogens is 1. The van der Waals surface area contributed by atoms with Gasteiger partial charge in [-0.2, -0.15) is 0 Å². The van der Waals surface area contributed by atoms with E-state index in [1.54, 1.807) is 12.1 Å². The van der Waals surface area contributed by atoms with Gasteiger partial charge < -0.3 is 9.47 Å². The fourth-order valence-corrected chi connectivity index (χ4v) is 4.03. The van der Waals surface area contributed by atoms with Crippen molar-refractivity contribution in [2.45, 2.75) is 0 Å². The Bertz CT molecular complexity index is 1010. The molecule has 0 radical (unpaired) electrons. The number of hydrogen-bond donors (Lipinski definition) is 0. The third-order valence-corrected chi connectivity index (χ3v) is 5.01. The molecule has 8 heteroatoms. The highest BCUT2D eigenvalue weighted by molar-refractivity contribution is 7.25. The van der Waals surface area contributed by atoms with E-state index in [1.807, 2.05) is 0 Å². The Hall–Kier alpha value is -2.38. The van der Waals surface area contributed by atoms with Gasteiger partial charge in [-0.1, -0.05) is 11.6 Å². The summed E-state index contributed by atoms with van der Waals surface area (Å²) in [6, 6.07) is 5.92. The van der Waals surface area contributed by atoms with E-state index in [-0.39, 0.29) is 20.8 Å². The van der Waals surface area contributed by atoms with E-state index in [4.69, 9.17) is 21.1 Å². The molecule has 6 nitrogen and oxygen atoms in total. The molecule has 1 aromatic heterocycles. The largest absolute Gasteiger partial charge is 0.496 e. The van der Waals surface area contributed by atoms with Crippen molar-refractivity contribution in [3.05, 3.63) is 49.6 Å². The second-order valence-corrected chi connectivity index (χ2v) is 6.06. The number of nitrogens with zero attached hydrogens (tertiary/aromatic N) is 1. The van der Waals surface area contributed by atoms with Gasteiger partial charge in [-0.3, -0.25) is 14.9 Å². The van der Waals surface area contributed by atoms with Crippen LogP contribution in [-0.4, -0.2) is 19.1 Å². The van der Waals surface area contributed by atoms with Crippen molar-refractivity contribution in [2.75, 3.05) is 14.2 Å². The Morgan fingerprint density at radius 1 is 1.04 bits per heavy atom. The van der Waals surface area contributed by atoms with Crippen LogP contribution in [0.2, 0.25) is 5.02 Å². The highest BCUT2D eigenvalue weighted by Crippen LogP contribution is 2.41. The molecule has 0 bridgehead atoms. The SMILES string of the molecule is COc1ccc(OC)c2c(=O)c3c(Cl)ccc([N+](=O)[O-])c3sc12. The lowest BCUT2D eigenvalue weighted by Gasteiger charge is -2.10. The minimum Gasteiger partial charge on any atom is -0.496 e. The van der Waals surface area contributed by atoms with E-state index < -0.39 is 10.4 Å². The standard InChI is InChI=1S/C15H10ClNO5S/c1-21-9-5-6-10(22-2)15-12(9)13(18)11-7(16)3-4-8(17(19)20)14(11)23-15/h3-6H,1-2H3. The molecule has 1 heterocycles. The number of hydrogen-bond acceptors (Lipinski definition) is 6. The van der Waals surface area contributed by atoms with Crippen LogP contribution in [0.1, 0.15) is 0 Å². The Labute approximate surface area is 139 Å². The van der Waals surface area contributed by atoms with Gasteiger partial charge in [0.1, 0.15) is 16.2 Å². The molecule has 0 aliphatic carbocycles. The number of fused-ring (bicyclic) bond motifs is 2. The maximum atomic E-state index is 12.9. The molecule has 0 saturated carbocycles. The number of rotatable bonds is 3. The number of nitro groups is 1.